The fourth-order valence-electron chi connectivity index (χ4n) is 2.41. The fraction of sp³-hybridized carbons (Fsp3) is 0. The van der Waals surface area contributed by atoms with Gasteiger partial charge in [-0.25, -0.2) is 4.79 Å². The summed E-state index contributed by atoms with van der Waals surface area (Å²) in [6, 6.07) is 8.93. The van der Waals surface area contributed by atoms with Gasteiger partial charge in [0.15, 0.2) is 5.58 Å². The summed E-state index contributed by atoms with van der Waals surface area (Å²) in [5.74, 6) is 0.0894. The van der Waals surface area contributed by atoms with E-state index in [4.69, 9.17) is 8.83 Å². The van der Waals surface area contributed by atoms with E-state index in [1.165, 1.54) is 30.3 Å². The predicted molar refractivity (Wildman–Crippen MR) is 73.1 cm³/mol. The minimum Gasteiger partial charge on any atom is -0.508 e. The molecule has 5 nitrogen and oxygen atoms in total. The van der Waals surface area contributed by atoms with Crippen LogP contribution >= 0.6 is 0 Å². The number of hydrogen-bond donors (Lipinski definition) is 2. The van der Waals surface area contributed by atoms with E-state index in [-0.39, 0.29) is 16.9 Å². The van der Waals surface area contributed by atoms with Crippen LogP contribution in [0, 0.1) is 0 Å². The average Bonchev–Trinajstić information content (AvgIpc) is 2.79. The lowest BCUT2D eigenvalue weighted by Gasteiger charge is -1.98. The zero-order valence-corrected chi connectivity index (χ0v) is 10.1. The Morgan fingerprint density at radius 3 is 2.10 bits per heavy atom. The molecule has 2 heterocycles. The van der Waals surface area contributed by atoms with Gasteiger partial charge in [-0.2, -0.15) is 0 Å². The molecule has 98 valence electrons. The van der Waals surface area contributed by atoms with Crippen molar-refractivity contribution in [1.29, 1.82) is 0 Å². The SMILES string of the molecule is O=c1oc2ccc(O)cc2c2oc3ccc(O)cc3c12. The minimum absolute atomic E-state index is 0.0376. The third-order valence-electron chi connectivity index (χ3n) is 3.29. The molecule has 20 heavy (non-hydrogen) atoms. The van der Waals surface area contributed by atoms with E-state index in [1.807, 2.05) is 0 Å². The molecule has 4 aromatic rings. The van der Waals surface area contributed by atoms with Crippen LogP contribution in [0.2, 0.25) is 0 Å². The highest BCUT2D eigenvalue weighted by molar-refractivity contribution is 6.13. The molecule has 0 saturated heterocycles. The second-order valence-electron chi connectivity index (χ2n) is 4.56. The van der Waals surface area contributed by atoms with Crippen molar-refractivity contribution in [1.82, 2.24) is 0 Å². The van der Waals surface area contributed by atoms with E-state index in [1.54, 1.807) is 6.07 Å². The molecule has 4 rings (SSSR count). The number of hydrogen-bond acceptors (Lipinski definition) is 5. The highest BCUT2D eigenvalue weighted by atomic mass is 16.4. The molecule has 2 aromatic heterocycles. The van der Waals surface area contributed by atoms with Gasteiger partial charge in [0.25, 0.3) is 0 Å². The Bertz CT molecular complexity index is 1040. The molecule has 0 fully saturated rings. The first kappa shape index (κ1) is 10.9. The van der Waals surface area contributed by atoms with E-state index in [0.717, 1.165) is 0 Å². The summed E-state index contributed by atoms with van der Waals surface area (Å²) in [6.45, 7) is 0. The van der Waals surface area contributed by atoms with Crippen LogP contribution in [0.4, 0.5) is 0 Å². The number of furan rings is 1. The van der Waals surface area contributed by atoms with E-state index >= 15 is 0 Å². The Hall–Kier alpha value is -2.95. The maximum atomic E-state index is 12.1. The van der Waals surface area contributed by atoms with Crippen LogP contribution in [0.15, 0.2) is 50.0 Å². The van der Waals surface area contributed by atoms with Crippen LogP contribution < -0.4 is 5.63 Å². The fourth-order valence-corrected chi connectivity index (χ4v) is 2.41. The lowest BCUT2D eigenvalue weighted by atomic mass is 10.1. The average molecular weight is 268 g/mol. The summed E-state index contributed by atoms with van der Waals surface area (Å²) in [6.07, 6.45) is 0. The zero-order valence-electron chi connectivity index (χ0n) is 10.1. The second-order valence-corrected chi connectivity index (χ2v) is 4.56. The molecule has 2 N–H and O–H groups in total. The van der Waals surface area contributed by atoms with Gasteiger partial charge in [0, 0.05) is 5.39 Å². The third-order valence-corrected chi connectivity index (χ3v) is 3.29. The van der Waals surface area contributed by atoms with Crippen LogP contribution in [0.1, 0.15) is 0 Å². The van der Waals surface area contributed by atoms with E-state index in [2.05, 4.69) is 0 Å². The Labute approximate surface area is 111 Å². The molecule has 0 aliphatic heterocycles. The van der Waals surface area contributed by atoms with Gasteiger partial charge in [0.1, 0.15) is 28.1 Å². The van der Waals surface area contributed by atoms with Crippen LogP contribution in [-0.4, -0.2) is 10.2 Å². The smallest absolute Gasteiger partial charge is 0.348 e. The number of aromatic hydroxyl groups is 2. The minimum atomic E-state index is -0.539. The predicted octanol–water partition coefficient (Wildman–Crippen LogP) is 3.10. The van der Waals surface area contributed by atoms with Crippen molar-refractivity contribution in [3.05, 3.63) is 46.8 Å². The molecule has 0 saturated carbocycles. The van der Waals surface area contributed by atoms with Gasteiger partial charge in [-0.1, -0.05) is 0 Å². The summed E-state index contributed by atoms with van der Waals surface area (Å²) in [7, 11) is 0. The molecule has 0 bridgehead atoms. The molecule has 0 radical (unpaired) electrons. The first-order valence-corrected chi connectivity index (χ1v) is 5.94. The second kappa shape index (κ2) is 3.54. The van der Waals surface area contributed by atoms with Crippen LogP contribution in [0.3, 0.4) is 0 Å². The van der Waals surface area contributed by atoms with Crippen molar-refractivity contribution < 1.29 is 19.0 Å². The molecule has 0 aliphatic rings. The Morgan fingerprint density at radius 1 is 0.800 bits per heavy atom. The van der Waals surface area contributed by atoms with Crippen molar-refractivity contribution >= 4 is 32.9 Å². The summed E-state index contributed by atoms with van der Waals surface area (Å²) < 4.78 is 10.9. The maximum Gasteiger partial charge on any atom is 0.348 e. The molecular formula is C15H8O5. The van der Waals surface area contributed by atoms with Gasteiger partial charge >= 0.3 is 5.63 Å². The van der Waals surface area contributed by atoms with E-state index in [9.17, 15) is 15.0 Å². The van der Waals surface area contributed by atoms with Crippen molar-refractivity contribution in [2.24, 2.45) is 0 Å². The van der Waals surface area contributed by atoms with Gasteiger partial charge in [-0.15, -0.1) is 0 Å². The highest BCUT2D eigenvalue weighted by Gasteiger charge is 2.16. The number of phenolic OH excluding ortho intramolecular Hbond substituents is 2. The van der Waals surface area contributed by atoms with Crippen molar-refractivity contribution in [2.45, 2.75) is 0 Å². The largest absolute Gasteiger partial charge is 0.508 e. The monoisotopic (exact) mass is 268 g/mol. The first-order chi connectivity index (χ1) is 9.63. The van der Waals surface area contributed by atoms with Crippen molar-refractivity contribution in [3.63, 3.8) is 0 Å². The number of phenols is 2. The molecule has 0 spiro atoms. The summed E-state index contributed by atoms with van der Waals surface area (Å²) in [4.78, 5) is 12.1. The molecule has 2 aromatic carbocycles. The molecule has 5 heteroatoms. The van der Waals surface area contributed by atoms with Gasteiger partial charge in [0.05, 0.1) is 5.39 Å². The van der Waals surface area contributed by atoms with Crippen LogP contribution in [0.25, 0.3) is 32.9 Å². The standard InChI is InChI=1S/C15H8O5/c16-7-1-3-11-9(5-7)13-14(19-11)10-6-8(17)2-4-12(10)20-15(13)18/h1-6,16-17H. The first-order valence-electron chi connectivity index (χ1n) is 5.94. The van der Waals surface area contributed by atoms with Crippen LogP contribution in [0.5, 0.6) is 11.5 Å². The molecule has 0 unspecified atom stereocenters. The Balaban J connectivity index is 2.35. The number of fused-ring (bicyclic) bond motifs is 5. The summed E-state index contributed by atoms with van der Waals surface area (Å²) >= 11 is 0. The summed E-state index contributed by atoms with van der Waals surface area (Å²) in [5, 5.41) is 20.4. The Morgan fingerprint density at radius 2 is 1.40 bits per heavy atom. The van der Waals surface area contributed by atoms with E-state index in [0.29, 0.717) is 27.5 Å². The molecule has 0 amide bonds. The lowest BCUT2D eigenvalue weighted by molar-refractivity contribution is 0.475. The van der Waals surface area contributed by atoms with Crippen molar-refractivity contribution in [3.8, 4) is 11.5 Å². The lowest BCUT2D eigenvalue weighted by Crippen LogP contribution is -1.97. The zero-order chi connectivity index (χ0) is 13.9. The molecule has 0 atom stereocenters. The van der Waals surface area contributed by atoms with Crippen molar-refractivity contribution in [2.75, 3.05) is 0 Å². The third kappa shape index (κ3) is 1.34. The maximum absolute atomic E-state index is 12.1. The topological polar surface area (TPSA) is 83.8 Å². The van der Waals surface area contributed by atoms with Gasteiger partial charge in [-0.05, 0) is 36.4 Å². The molecule has 0 aliphatic carbocycles. The number of rotatable bonds is 0. The Kier molecular flexibility index (Phi) is 1.93. The normalized spacial score (nSPS) is 11.6. The summed E-state index contributed by atoms with van der Waals surface area (Å²) in [5.41, 5.74) is 0.611. The molecular weight excluding hydrogens is 260 g/mol. The van der Waals surface area contributed by atoms with Gasteiger partial charge < -0.3 is 19.0 Å². The van der Waals surface area contributed by atoms with Crippen LogP contribution in [-0.2, 0) is 0 Å². The number of benzene rings is 2. The van der Waals surface area contributed by atoms with Gasteiger partial charge in [0.2, 0.25) is 0 Å². The van der Waals surface area contributed by atoms with E-state index < -0.39 is 5.63 Å². The highest BCUT2D eigenvalue weighted by Crippen LogP contribution is 2.34. The quantitative estimate of drug-likeness (QED) is 0.479. The van der Waals surface area contributed by atoms with Gasteiger partial charge in [-0.3, -0.25) is 0 Å².